The lowest BCUT2D eigenvalue weighted by atomic mass is 10.1. The van der Waals surface area contributed by atoms with Crippen LogP contribution in [0, 0.1) is 6.92 Å². The summed E-state index contributed by atoms with van der Waals surface area (Å²) in [5, 5.41) is 8.18. The Morgan fingerprint density at radius 1 is 1.26 bits per heavy atom. The van der Waals surface area contributed by atoms with E-state index < -0.39 is 0 Å². The lowest BCUT2D eigenvalue weighted by Crippen LogP contribution is -2.14. The molecule has 6 heteroatoms. The monoisotopic (exact) mass is 305 g/mol. The molecule has 0 atom stereocenters. The first-order valence-corrected chi connectivity index (χ1v) is 7.44. The number of anilines is 1. The van der Waals surface area contributed by atoms with E-state index >= 15 is 0 Å². The number of aryl methyl sites for hydroxylation is 1. The third-order valence-corrected chi connectivity index (χ3v) is 3.93. The van der Waals surface area contributed by atoms with Crippen molar-refractivity contribution in [2.24, 2.45) is 0 Å². The highest BCUT2D eigenvalue weighted by molar-refractivity contribution is 5.96. The molecule has 0 saturated carbocycles. The fourth-order valence-electron chi connectivity index (χ4n) is 2.78. The van der Waals surface area contributed by atoms with Gasteiger partial charge in [-0.25, -0.2) is 9.97 Å². The summed E-state index contributed by atoms with van der Waals surface area (Å²) < 4.78 is 0. The van der Waals surface area contributed by atoms with Crippen molar-refractivity contribution in [2.75, 3.05) is 5.32 Å². The van der Waals surface area contributed by atoms with Gasteiger partial charge in [-0.05, 0) is 18.4 Å². The topological polar surface area (TPSA) is 79.8 Å². The smallest absolute Gasteiger partial charge is 0.270 e. The molecule has 1 aliphatic heterocycles. The van der Waals surface area contributed by atoms with Crippen LogP contribution in [-0.2, 0) is 13.1 Å². The highest BCUT2D eigenvalue weighted by atomic mass is 16.2. The van der Waals surface area contributed by atoms with Gasteiger partial charge in [0.1, 0.15) is 5.69 Å². The molecular weight excluding hydrogens is 290 g/mol. The molecule has 1 amide bonds. The maximum atomic E-state index is 11.6. The molecule has 0 fully saturated rings. The first-order chi connectivity index (χ1) is 11.2. The quantitative estimate of drug-likeness (QED) is 0.775. The van der Waals surface area contributed by atoms with Crippen LogP contribution in [0.15, 0.2) is 36.5 Å². The Morgan fingerprint density at radius 3 is 3.04 bits per heavy atom. The second-order valence-electron chi connectivity index (χ2n) is 5.52. The number of aromatic nitrogens is 3. The zero-order valence-corrected chi connectivity index (χ0v) is 12.6. The molecule has 0 saturated heterocycles. The summed E-state index contributed by atoms with van der Waals surface area (Å²) in [7, 11) is 0. The molecule has 23 heavy (non-hydrogen) atoms. The van der Waals surface area contributed by atoms with Crippen LogP contribution in [0.25, 0.3) is 10.8 Å². The Hall–Kier alpha value is -3.02. The van der Waals surface area contributed by atoms with E-state index in [4.69, 9.17) is 0 Å². The summed E-state index contributed by atoms with van der Waals surface area (Å²) in [5.41, 5.74) is 3.19. The number of pyridine rings is 1. The summed E-state index contributed by atoms with van der Waals surface area (Å²) in [6.45, 7) is 3.01. The molecule has 4 rings (SSSR count). The van der Waals surface area contributed by atoms with Gasteiger partial charge in [0.15, 0.2) is 0 Å². The van der Waals surface area contributed by atoms with Crippen LogP contribution in [0.2, 0.25) is 0 Å². The number of fused-ring (bicyclic) bond motifs is 2. The summed E-state index contributed by atoms with van der Waals surface area (Å²) >= 11 is 0. The maximum Gasteiger partial charge on any atom is 0.270 e. The van der Waals surface area contributed by atoms with Crippen molar-refractivity contribution in [3.05, 3.63) is 59.2 Å². The largest absolute Gasteiger partial charge is 0.349 e. The standard InChI is InChI=1S/C17H15N5O/c1-10-14-5-3-2-4-11(14)6-13(21-10)9-20-17-19-8-12-7-18-16(23)15(12)22-17/h2-6,8H,7,9H2,1H3,(H,18,23)(H,19,20,22). The highest BCUT2D eigenvalue weighted by Crippen LogP contribution is 2.18. The van der Waals surface area contributed by atoms with E-state index in [0.29, 0.717) is 24.7 Å². The average molecular weight is 305 g/mol. The minimum Gasteiger partial charge on any atom is -0.349 e. The van der Waals surface area contributed by atoms with Gasteiger partial charge in [-0.15, -0.1) is 0 Å². The molecule has 0 unspecified atom stereocenters. The molecular formula is C17H15N5O. The Balaban J connectivity index is 1.58. The van der Waals surface area contributed by atoms with Gasteiger partial charge >= 0.3 is 0 Å². The van der Waals surface area contributed by atoms with Gasteiger partial charge in [0.05, 0.1) is 12.2 Å². The molecule has 2 aromatic heterocycles. The number of nitrogens with zero attached hydrogens (tertiary/aromatic N) is 3. The summed E-state index contributed by atoms with van der Waals surface area (Å²) in [5.74, 6) is 0.290. The molecule has 0 spiro atoms. The van der Waals surface area contributed by atoms with Gasteiger partial charge in [0.25, 0.3) is 5.91 Å². The van der Waals surface area contributed by atoms with E-state index in [9.17, 15) is 4.79 Å². The summed E-state index contributed by atoms with van der Waals surface area (Å²) in [6.07, 6.45) is 1.68. The molecule has 3 heterocycles. The van der Waals surface area contributed by atoms with Crippen molar-refractivity contribution >= 4 is 22.6 Å². The van der Waals surface area contributed by atoms with Crippen molar-refractivity contribution < 1.29 is 4.79 Å². The maximum absolute atomic E-state index is 11.6. The third kappa shape index (κ3) is 2.48. The molecule has 114 valence electrons. The third-order valence-electron chi connectivity index (χ3n) is 3.93. The zero-order chi connectivity index (χ0) is 15.8. The lowest BCUT2D eigenvalue weighted by Gasteiger charge is -2.08. The normalized spacial score (nSPS) is 13.0. The molecule has 0 aliphatic carbocycles. The van der Waals surface area contributed by atoms with Crippen molar-refractivity contribution in [1.82, 2.24) is 20.3 Å². The minimum absolute atomic E-state index is 0.148. The second kappa shape index (κ2) is 5.31. The van der Waals surface area contributed by atoms with Crippen LogP contribution in [-0.4, -0.2) is 20.9 Å². The number of amides is 1. The predicted octanol–water partition coefficient (Wildman–Crippen LogP) is 2.19. The van der Waals surface area contributed by atoms with Crippen molar-refractivity contribution in [2.45, 2.75) is 20.0 Å². The van der Waals surface area contributed by atoms with E-state index in [1.807, 2.05) is 19.1 Å². The Labute approximate surface area is 133 Å². The van der Waals surface area contributed by atoms with Gasteiger partial charge < -0.3 is 10.6 Å². The number of nitrogens with one attached hydrogen (secondary N) is 2. The second-order valence-corrected chi connectivity index (χ2v) is 5.52. The number of hydrogen-bond acceptors (Lipinski definition) is 5. The van der Waals surface area contributed by atoms with Crippen LogP contribution in [0.5, 0.6) is 0 Å². The molecule has 0 radical (unpaired) electrons. The Kier molecular flexibility index (Phi) is 3.15. The lowest BCUT2D eigenvalue weighted by molar-refractivity contribution is 0.0961. The first-order valence-electron chi connectivity index (χ1n) is 7.44. The van der Waals surface area contributed by atoms with Crippen LogP contribution >= 0.6 is 0 Å². The number of carbonyl (C=O) groups is 1. The van der Waals surface area contributed by atoms with Gasteiger partial charge in [-0.2, -0.15) is 0 Å². The van der Waals surface area contributed by atoms with Crippen molar-refractivity contribution in [3.8, 4) is 0 Å². The van der Waals surface area contributed by atoms with Gasteiger partial charge in [-0.3, -0.25) is 9.78 Å². The molecule has 3 aromatic rings. The fourth-order valence-corrected chi connectivity index (χ4v) is 2.78. The van der Waals surface area contributed by atoms with Gasteiger partial charge in [0.2, 0.25) is 5.95 Å². The van der Waals surface area contributed by atoms with E-state index in [2.05, 4.69) is 43.8 Å². The first kappa shape index (κ1) is 13.6. The van der Waals surface area contributed by atoms with Crippen LogP contribution in [0.3, 0.4) is 0 Å². The average Bonchev–Trinajstić information content (AvgIpc) is 2.94. The van der Waals surface area contributed by atoms with E-state index in [0.717, 1.165) is 27.7 Å². The van der Waals surface area contributed by atoms with Crippen LogP contribution in [0.1, 0.15) is 27.4 Å². The van der Waals surface area contributed by atoms with E-state index in [-0.39, 0.29) is 5.91 Å². The summed E-state index contributed by atoms with van der Waals surface area (Å²) in [6, 6.07) is 10.2. The number of rotatable bonds is 3. The number of carbonyl (C=O) groups excluding carboxylic acids is 1. The van der Waals surface area contributed by atoms with Gasteiger partial charge in [-0.1, -0.05) is 24.3 Å². The molecule has 1 aliphatic rings. The SMILES string of the molecule is Cc1nc(CNc2ncc3c(n2)C(=O)NC3)cc2ccccc12. The zero-order valence-electron chi connectivity index (χ0n) is 12.6. The van der Waals surface area contributed by atoms with E-state index in [1.54, 1.807) is 6.20 Å². The van der Waals surface area contributed by atoms with Gasteiger partial charge in [0, 0.05) is 29.4 Å². The van der Waals surface area contributed by atoms with Crippen LogP contribution < -0.4 is 10.6 Å². The Morgan fingerprint density at radius 2 is 2.13 bits per heavy atom. The van der Waals surface area contributed by atoms with Crippen molar-refractivity contribution in [3.63, 3.8) is 0 Å². The highest BCUT2D eigenvalue weighted by Gasteiger charge is 2.21. The molecule has 0 bridgehead atoms. The molecule has 2 N–H and O–H groups in total. The van der Waals surface area contributed by atoms with Crippen molar-refractivity contribution in [1.29, 1.82) is 0 Å². The van der Waals surface area contributed by atoms with Crippen LogP contribution in [0.4, 0.5) is 5.95 Å². The number of hydrogen-bond donors (Lipinski definition) is 2. The molecule has 1 aromatic carbocycles. The Bertz CT molecular complexity index is 922. The number of benzene rings is 1. The predicted molar refractivity (Wildman–Crippen MR) is 87.0 cm³/mol. The fraction of sp³-hybridized carbons (Fsp3) is 0.176. The summed E-state index contributed by atoms with van der Waals surface area (Å²) in [4.78, 5) is 24.8. The molecule has 6 nitrogen and oxygen atoms in total. The van der Waals surface area contributed by atoms with E-state index in [1.165, 1.54) is 0 Å². The minimum atomic E-state index is -0.148.